The van der Waals surface area contributed by atoms with E-state index in [1.165, 1.54) is 11.8 Å². The molecule has 0 radical (unpaired) electrons. The van der Waals surface area contributed by atoms with E-state index >= 15 is 0 Å². The second-order valence-electron chi connectivity index (χ2n) is 4.17. The zero-order valence-corrected chi connectivity index (χ0v) is 10.4. The van der Waals surface area contributed by atoms with E-state index in [2.05, 4.69) is 27.2 Å². The van der Waals surface area contributed by atoms with Crippen LogP contribution in [0.3, 0.4) is 0 Å². The summed E-state index contributed by atoms with van der Waals surface area (Å²) in [5, 5.41) is 4.00. The Bertz CT molecular complexity index is 287. The molecule has 0 unspecified atom stereocenters. The van der Waals surface area contributed by atoms with Crippen molar-refractivity contribution < 1.29 is 4.79 Å². The summed E-state index contributed by atoms with van der Waals surface area (Å²) in [6, 6.07) is 0. The smallest absolute Gasteiger partial charge is 0.258 e. The van der Waals surface area contributed by atoms with Crippen LogP contribution in [0.25, 0.3) is 0 Å². The van der Waals surface area contributed by atoms with E-state index in [4.69, 9.17) is 0 Å². The fourth-order valence-electron chi connectivity index (χ4n) is 1.79. The van der Waals surface area contributed by atoms with E-state index in [0.29, 0.717) is 5.75 Å². The maximum Gasteiger partial charge on any atom is 0.258 e. The minimum absolute atomic E-state index is 0.0212. The van der Waals surface area contributed by atoms with Crippen LogP contribution in [0.4, 0.5) is 0 Å². The van der Waals surface area contributed by atoms with Crippen molar-refractivity contribution >= 4 is 22.8 Å². The molecule has 1 N–H and O–H groups in total. The molecule has 0 aromatic rings. The summed E-state index contributed by atoms with van der Waals surface area (Å²) in [6.07, 6.45) is 0. The number of piperazine rings is 1. The van der Waals surface area contributed by atoms with Crippen molar-refractivity contribution in [3.63, 3.8) is 0 Å². The summed E-state index contributed by atoms with van der Waals surface area (Å²) in [7, 11) is 2.16. The number of amidine groups is 1. The van der Waals surface area contributed by atoms with Crippen molar-refractivity contribution in [1.29, 1.82) is 0 Å². The number of carbonyl (C=O) groups is 1. The van der Waals surface area contributed by atoms with Gasteiger partial charge in [-0.05, 0) is 7.05 Å². The zero-order valence-electron chi connectivity index (χ0n) is 9.61. The average molecular weight is 242 g/mol. The molecule has 6 heteroatoms. The third-order valence-corrected chi connectivity index (χ3v) is 3.76. The Kier molecular flexibility index (Phi) is 4.20. The summed E-state index contributed by atoms with van der Waals surface area (Å²) < 4.78 is 0. The van der Waals surface area contributed by atoms with Gasteiger partial charge in [0.1, 0.15) is 0 Å². The van der Waals surface area contributed by atoms with Crippen LogP contribution >= 0.6 is 11.8 Å². The number of carbonyl (C=O) groups excluding carboxylic acids is 1. The molecule has 16 heavy (non-hydrogen) atoms. The van der Waals surface area contributed by atoms with Crippen molar-refractivity contribution in [2.24, 2.45) is 4.99 Å². The number of amides is 1. The van der Waals surface area contributed by atoms with Gasteiger partial charge in [-0.3, -0.25) is 9.69 Å². The maximum atomic E-state index is 10.9. The molecule has 2 aliphatic rings. The molecule has 2 rings (SSSR count). The molecule has 1 amide bonds. The average Bonchev–Trinajstić information content (AvgIpc) is 2.67. The Labute approximate surface area is 100 Å². The van der Waals surface area contributed by atoms with Crippen LogP contribution in [-0.4, -0.2) is 72.9 Å². The van der Waals surface area contributed by atoms with Crippen LogP contribution in [0.2, 0.25) is 0 Å². The first-order valence-corrected chi connectivity index (χ1v) is 6.62. The molecule has 0 saturated carbocycles. The Hall–Kier alpha value is -0.590. The number of nitrogens with one attached hydrogen (secondary N) is 1. The van der Waals surface area contributed by atoms with Gasteiger partial charge in [0.25, 0.3) is 5.91 Å². The second kappa shape index (κ2) is 5.65. The van der Waals surface area contributed by atoms with Crippen molar-refractivity contribution in [2.45, 2.75) is 0 Å². The van der Waals surface area contributed by atoms with Crippen LogP contribution in [-0.2, 0) is 4.79 Å². The third kappa shape index (κ3) is 3.47. The van der Waals surface area contributed by atoms with Gasteiger partial charge in [0.05, 0.1) is 5.75 Å². The number of hydrogen-bond acceptors (Lipinski definition) is 5. The van der Waals surface area contributed by atoms with E-state index in [1.807, 2.05) is 0 Å². The Balaban J connectivity index is 1.61. The highest BCUT2D eigenvalue weighted by atomic mass is 32.2. The van der Waals surface area contributed by atoms with Crippen LogP contribution in [0.15, 0.2) is 4.99 Å². The van der Waals surface area contributed by atoms with E-state index in [0.717, 1.165) is 44.4 Å². The third-order valence-electron chi connectivity index (χ3n) is 2.86. The van der Waals surface area contributed by atoms with Crippen LogP contribution in [0.1, 0.15) is 0 Å². The highest BCUT2D eigenvalue weighted by molar-refractivity contribution is 8.14. The van der Waals surface area contributed by atoms with Crippen molar-refractivity contribution in [3.8, 4) is 0 Å². The molecular formula is C10H18N4OS. The van der Waals surface area contributed by atoms with E-state index in [-0.39, 0.29) is 5.91 Å². The van der Waals surface area contributed by atoms with Gasteiger partial charge in [-0.2, -0.15) is 4.99 Å². The Morgan fingerprint density at radius 1 is 1.38 bits per heavy atom. The standard InChI is InChI=1S/C10H18N4OS/c1-13-4-6-14(7-5-13)3-2-11-10-12-9(15)8-16-10/h2-8H2,1H3,(H,11,12,15). The highest BCUT2D eigenvalue weighted by Gasteiger charge is 2.16. The number of hydrogen-bond donors (Lipinski definition) is 1. The predicted molar refractivity (Wildman–Crippen MR) is 66.8 cm³/mol. The van der Waals surface area contributed by atoms with Gasteiger partial charge in [0.2, 0.25) is 0 Å². The monoisotopic (exact) mass is 242 g/mol. The lowest BCUT2D eigenvalue weighted by atomic mass is 10.3. The normalized spacial score (nSPS) is 23.6. The zero-order chi connectivity index (χ0) is 11.4. The quantitative estimate of drug-likeness (QED) is 0.720. The molecule has 0 spiro atoms. The van der Waals surface area contributed by atoms with Gasteiger partial charge in [0.15, 0.2) is 5.17 Å². The van der Waals surface area contributed by atoms with Crippen molar-refractivity contribution in [2.75, 3.05) is 52.1 Å². The number of likely N-dealkylation sites (N-methyl/N-ethyl adjacent to an activating group) is 1. The molecule has 90 valence electrons. The summed E-state index contributed by atoms with van der Waals surface area (Å²) in [6.45, 7) is 6.47. The number of nitrogens with zero attached hydrogens (tertiary/aromatic N) is 3. The Morgan fingerprint density at radius 3 is 2.75 bits per heavy atom. The van der Waals surface area contributed by atoms with Gasteiger partial charge < -0.3 is 10.2 Å². The van der Waals surface area contributed by atoms with Crippen molar-refractivity contribution in [3.05, 3.63) is 0 Å². The lowest BCUT2D eigenvalue weighted by Crippen LogP contribution is -2.46. The van der Waals surface area contributed by atoms with E-state index < -0.39 is 0 Å². The predicted octanol–water partition coefficient (Wildman–Crippen LogP) is -0.547. The summed E-state index contributed by atoms with van der Waals surface area (Å²) in [5.41, 5.74) is 0. The van der Waals surface area contributed by atoms with Crippen LogP contribution in [0, 0.1) is 0 Å². The largest absolute Gasteiger partial charge is 0.363 e. The Morgan fingerprint density at radius 2 is 2.12 bits per heavy atom. The summed E-state index contributed by atoms with van der Waals surface area (Å²) in [4.78, 5) is 19.6. The molecule has 2 heterocycles. The minimum atomic E-state index is -0.0212. The molecular weight excluding hydrogens is 224 g/mol. The van der Waals surface area contributed by atoms with Gasteiger partial charge >= 0.3 is 0 Å². The summed E-state index contributed by atoms with van der Waals surface area (Å²) >= 11 is 1.50. The highest BCUT2D eigenvalue weighted by Crippen LogP contribution is 2.10. The molecule has 0 aliphatic carbocycles. The lowest BCUT2D eigenvalue weighted by Gasteiger charge is -2.32. The minimum Gasteiger partial charge on any atom is -0.363 e. The SMILES string of the molecule is CN1CCN(CCNC2=NC(=O)CS2)CC1. The van der Waals surface area contributed by atoms with E-state index in [9.17, 15) is 4.79 Å². The first kappa shape index (κ1) is 11.9. The summed E-state index contributed by atoms with van der Waals surface area (Å²) in [5.74, 6) is 0.476. The number of rotatable bonds is 3. The fraction of sp³-hybridized carbons (Fsp3) is 0.800. The first-order chi connectivity index (χ1) is 7.74. The molecule has 1 saturated heterocycles. The van der Waals surface area contributed by atoms with Gasteiger partial charge in [-0.25, -0.2) is 0 Å². The molecule has 0 atom stereocenters. The molecule has 0 aromatic heterocycles. The number of aliphatic imine (C=N–C) groups is 1. The molecule has 0 aromatic carbocycles. The second-order valence-corrected chi connectivity index (χ2v) is 5.14. The van der Waals surface area contributed by atoms with Gasteiger partial charge in [-0.15, -0.1) is 0 Å². The lowest BCUT2D eigenvalue weighted by molar-refractivity contribution is -0.115. The maximum absolute atomic E-state index is 10.9. The van der Waals surface area contributed by atoms with Gasteiger partial charge in [0, 0.05) is 39.3 Å². The first-order valence-electron chi connectivity index (χ1n) is 5.63. The molecule has 5 nitrogen and oxygen atoms in total. The number of thioether (sulfide) groups is 1. The molecule has 2 aliphatic heterocycles. The van der Waals surface area contributed by atoms with Crippen LogP contribution < -0.4 is 5.32 Å². The van der Waals surface area contributed by atoms with E-state index in [1.54, 1.807) is 0 Å². The van der Waals surface area contributed by atoms with Crippen LogP contribution in [0.5, 0.6) is 0 Å². The molecule has 1 fully saturated rings. The molecule has 0 bridgehead atoms. The van der Waals surface area contributed by atoms with Gasteiger partial charge in [-0.1, -0.05) is 11.8 Å². The topological polar surface area (TPSA) is 47.9 Å². The van der Waals surface area contributed by atoms with Crippen molar-refractivity contribution in [1.82, 2.24) is 15.1 Å². The fourth-order valence-corrected chi connectivity index (χ4v) is 2.49.